The zero-order valence-corrected chi connectivity index (χ0v) is 19.7. The van der Waals surface area contributed by atoms with Crippen molar-refractivity contribution in [1.29, 1.82) is 0 Å². The van der Waals surface area contributed by atoms with E-state index in [0.717, 1.165) is 34.9 Å². The molecule has 0 radical (unpaired) electrons. The number of hydrogen-bond donors (Lipinski definition) is 1. The molecular formula is C27H31N3O3. The van der Waals surface area contributed by atoms with Crippen molar-refractivity contribution in [3.63, 3.8) is 0 Å². The minimum Gasteiger partial charge on any atom is -0.456 e. The van der Waals surface area contributed by atoms with E-state index in [1.807, 2.05) is 74.9 Å². The lowest BCUT2D eigenvalue weighted by Gasteiger charge is -2.23. The van der Waals surface area contributed by atoms with E-state index in [-0.39, 0.29) is 18.3 Å². The summed E-state index contributed by atoms with van der Waals surface area (Å²) in [5.74, 6) is 0.980. The van der Waals surface area contributed by atoms with Gasteiger partial charge in [-0.1, -0.05) is 68.8 Å². The second kappa shape index (κ2) is 10.0. The Bertz CT molecular complexity index is 1210. The van der Waals surface area contributed by atoms with Crippen LogP contribution in [0.4, 0.5) is 0 Å². The van der Waals surface area contributed by atoms with E-state index in [1.54, 1.807) is 0 Å². The van der Waals surface area contributed by atoms with Crippen molar-refractivity contribution in [3.8, 4) is 11.3 Å². The molecule has 0 aliphatic heterocycles. The van der Waals surface area contributed by atoms with Crippen molar-refractivity contribution < 1.29 is 13.9 Å². The topological polar surface area (TPSA) is 71.4 Å². The quantitative estimate of drug-likeness (QED) is 0.310. The highest BCUT2D eigenvalue weighted by molar-refractivity contribution is 6.01. The van der Waals surface area contributed by atoms with E-state index in [4.69, 9.17) is 14.1 Å². The normalized spacial score (nSPS) is 13.4. The first-order chi connectivity index (χ1) is 16.0. The summed E-state index contributed by atoms with van der Waals surface area (Å²) >= 11 is 0. The lowest BCUT2D eigenvalue weighted by molar-refractivity contribution is 0.0466. The van der Waals surface area contributed by atoms with E-state index in [2.05, 4.69) is 23.7 Å². The van der Waals surface area contributed by atoms with Crippen LogP contribution in [-0.4, -0.2) is 34.9 Å². The van der Waals surface area contributed by atoms with E-state index in [1.165, 1.54) is 0 Å². The number of nitrogens with zero attached hydrogens (tertiary/aromatic N) is 2. The number of carbonyl (C=O) groups is 1. The van der Waals surface area contributed by atoms with Crippen LogP contribution in [0, 0.1) is 5.92 Å². The van der Waals surface area contributed by atoms with Gasteiger partial charge < -0.3 is 14.1 Å². The van der Waals surface area contributed by atoms with Gasteiger partial charge in [0.25, 0.3) is 0 Å². The summed E-state index contributed by atoms with van der Waals surface area (Å²) in [5, 5.41) is 0.973. The average Bonchev–Trinajstić information content (AvgIpc) is 3.45. The molecule has 0 saturated heterocycles. The first kappa shape index (κ1) is 22.8. The number of fused-ring (bicyclic) bond motifs is 1. The van der Waals surface area contributed by atoms with Gasteiger partial charge in [-0.25, -0.2) is 9.78 Å². The van der Waals surface area contributed by atoms with Crippen LogP contribution in [0.25, 0.3) is 22.2 Å². The van der Waals surface area contributed by atoms with Crippen LogP contribution in [0.1, 0.15) is 54.7 Å². The van der Waals surface area contributed by atoms with Gasteiger partial charge in [0.05, 0.1) is 6.04 Å². The number of oxazole rings is 1. The van der Waals surface area contributed by atoms with E-state index < -0.39 is 5.97 Å². The molecule has 4 aromatic rings. The Morgan fingerprint density at radius 2 is 1.85 bits per heavy atom. The van der Waals surface area contributed by atoms with Crippen LogP contribution in [0.3, 0.4) is 0 Å². The van der Waals surface area contributed by atoms with Gasteiger partial charge in [0.1, 0.15) is 6.61 Å². The third-order valence-corrected chi connectivity index (χ3v) is 6.11. The fourth-order valence-electron chi connectivity index (χ4n) is 3.93. The SMILES string of the molecule is CC[C@@H](C)C[C@H](c1nc(C(=O)OCc2ccccc2)c(-c2c[nH]c3ccccc23)o1)N(C)C. The molecule has 2 aromatic carbocycles. The number of hydrogen-bond acceptors (Lipinski definition) is 5. The Hall–Kier alpha value is -3.38. The molecule has 33 heavy (non-hydrogen) atoms. The number of para-hydroxylation sites is 1. The molecule has 0 aliphatic rings. The third kappa shape index (κ3) is 5.01. The van der Waals surface area contributed by atoms with E-state index in [0.29, 0.717) is 17.6 Å². The van der Waals surface area contributed by atoms with Crippen LogP contribution in [-0.2, 0) is 11.3 Å². The number of aromatic nitrogens is 2. The second-order valence-corrected chi connectivity index (χ2v) is 8.77. The lowest BCUT2D eigenvalue weighted by Crippen LogP contribution is -2.22. The predicted molar refractivity (Wildman–Crippen MR) is 130 cm³/mol. The van der Waals surface area contributed by atoms with Gasteiger partial charge in [0.15, 0.2) is 11.5 Å². The number of benzene rings is 2. The largest absolute Gasteiger partial charge is 0.456 e. The lowest BCUT2D eigenvalue weighted by atomic mass is 9.98. The molecule has 6 nitrogen and oxygen atoms in total. The Morgan fingerprint density at radius 1 is 1.12 bits per heavy atom. The number of aromatic amines is 1. The van der Waals surface area contributed by atoms with Crippen molar-refractivity contribution >= 4 is 16.9 Å². The smallest absolute Gasteiger partial charge is 0.361 e. The first-order valence-corrected chi connectivity index (χ1v) is 11.4. The summed E-state index contributed by atoms with van der Waals surface area (Å²) in [7, 11) is 4.02. The van der Waals surface area contributed by atoms with Gasteiger partial charge in [-0.2, -0.15) is 0 Å². The van der Waals surface area contributed by atoms with Crippen molar-refractivity contribution in [3.05, 3.63) is 77.9 Å². The minimum atomic E-state index is -0.491. The number of rotatable bonds is 9. The molecule has 2 atom stereocenters. The number of nitrogens with one attached hydrogen (secondary N) is 1. The van der Waals surface area contributed by atoms with Crippen LogP contribution < -0.4 is 0 Å². The summed E-state index contributed by atoms with van der Waals surface area (Å²) in [4.78, 5) is 23.2. The minimum absolute atomic E-state index is 0.0421. The summed E-state index contributed by atoms with van der Waals surface area (Å²) in [6.45, 7) is 4.57. The van der Waals surface area contributed by atoms with Crippen molar-refractivity contribution in [1.82, 2.24) is 14.9 Å². The second-order valence-electron chi connectivity index (χ2n) is 8.77. The summed E-state index contributed by atoms with van der Waals surface area (Å²) < 4.78 is 12.0. The average molecular weight is 446 g/mol. The summed E-state index contributed by atoms with van der Waals surface area (Å²) in [6.07, 6.45) is 3.81. The highest BCUT2D eigenvalue weighted by Gasteiger charge is 2.29. The molecule has 2 aromatic heterocycles. The highest BCUT2D eigenvalue weighted by atomic mass is 16.5. The molecule has 0 unspecified atom stereocenters. The van der Waals surface area contributed by atoms with Crippen molar-refractivity contribution in [2.24, 2.45) is 5.92 Å². The molecule has 0 saturated carbocycles. The molecule has 2 heterocycles. The van der Waals surface area contributed by atoms with Crippen LogP contribution in [0.5, 0.6) is 0 Å². The molecule has 172 valence electrons. The van der Waals surface area contributed by atoms with Gasteiger partial charge in [0.2, 0.25) is 5.89 Å². The molecule has 4 rings (SSSR count). The summed E-state index contributed by atoms with van der Waals surface area (Å²) in [5.41, 5.74) is 2.91. The van der Waals surface area contributed by atoms with Gasteiger partial charge in [0, 0.05) is 22.7 Å². The van der Waals surface area contributed by atoms with Gasteiger partial charge in [-0.05, 0) is 38.1 Å². The standard InChI is InChI=1S/C27H31N3O3/c1-5-18(2)15-23(30(3)4)26-29-24(27(31)32-17-19-11-7-6-8-12-19)25(33-26)21-16-28-22-14-10-9-13-20(21)22/h6-14,16,18,23,28H,5,15,17H2,1-4H3/t18-,23-/m1/s1. The van der Waals surface area contributed by atoms with Crippen LogP contribution >= 0.6 is 0 Å². The Morgan fingerprint density at radius 3 is 2.58 bits per heavy atom. The van der Waals surface area contributed by atoms with Crippen LogP contribution in [0.2, 0.25) is 0 Å². The van der Waals surface area contributed by atoms with E-state index in [9.17, 15) is 4.79 Å². The molecule has 0 spiro atoms. The molecule has 0 amide bonds. The molecule has 0 aliphatic carbocycles. The number of carbonyl (C=O) groups excluding carboxylic acids is 1. The molecule has 1 N–H and O–H groups in total. The first-order valence-electron chi connectivity index (χ1n) is 11.4. The zero-order chi connectivity index (χ0) is 23.4. The van der Waals surface area contributed by atoms with Gasteiger partial charge in [-0.3, -0.25) is 4.90 Å². The van der Waals surface area contributed by atoms with Crippen molar-refractivity contribution in [2.45, 2.75) is 39.3 Å². The fourth-order valence-corrected chi connectivity index (χ4v) is 3.93. The molecule has 0 fully saturated rings. The number of H-pyrrole nitrogens is 1. The maximum atomic E-state index is 13.2. The highest BCUT2D eigenvalue weighted by Crippen LogP contribution is 2.36. The monoisotopic (exact) mass is 445 g/mol. The number of ether oxygens (including phenoxy) is 1. The molecular weight excluding hydrogens is 414 g/mol. The Balaban J connectivity index is 1.73. The molecule has 6 heteroatoms. The van der Waals surface area contributed by atoms with Crippen molar-refractivity contribution in [2.75, 3.05) is 14.1 Å². The predicted octanol–water partition coefficient (Wildman–Crippen LogP) is 6.22. The Kier molecular flexibility index (Phi) is 6.94. The van der Waals surface area contributed by atoms with Gasteiger partial charge in [-0.15, -0.1) is 0 Å². The summed E-state index contributed by atoms with van der Waals surface area (Å²) in [6, 6.07) is 17.5. The zero-order valence-electron chi connectivity index (χ0n) is 19.7. The van der Waals surface area contributed by atoms with Crippen LogP contribution in [0.15, 0.2) is 65.2 Å². The third-order valence-electron chi connectivity index (χ3n) is 6.11. The maximum absolute atomic E-state index is 13.2. The van der Waals surface area contributed by atoms with E-state index >= 15 is 0 Å². The van der Waals surface area contributed by atoms with Gasteiger partial charge >= 0.3 is 5.97 Å². The maximum Gasteiger partial charge on any atom is 0.361 e. The Labute approximate surface area is 194 Å². The fraction of sp³-hybridized carbons (Fsp3) is 0.333. The molecule has 0 bridgehead atoms. The number of esters is 1.